The highest BCUT2D eigenvalue weighted by molar-refractivity contribution is 7.92. The van der Waals surface area contributed by atoms with E-state index in [1.165, 1.54) is 25.3 Å². The molecule has 0 unspecified atom stereocenters. The second kappa shape index (κ2) is 9.98. The van der Waals surface area contributed by atoms with Crippen LogP contribution in [0.25, 0.3) is 0 Å². The summed E-state index contributed by atoms with van der Waals surface area (Å²) in [6.07, 6.45) is 1.73. The van der Waals surface area contributed by atoms with Gasteiger partial charge in [0.15, 0.2) is 0 Å². The van der Waals surface area contributed by atoms with Gasteiger partial charge in [-0.05, 0) is 50.6 Å². The molecule has 2 aromatic carbocycles. The Labute approximate surface area is 177 Å². The summed E-state index contributed by atoms with van der Waals surface area (Å²) in [5.74, 6) is 0.0395. The Morgan fingerprint density at radius 2 is 1.86 bits per heavy atom. The second-order valence-electron chi connectivity index (χ2n) is 6.90. The molecule has 158 valence electrons. The van der Waals surface area contributed by atoms with Crippen LogP contribution in [0.4, 0.5) is 5.69 Å². The van der Waals surface area contributed by atoms with Gasteiger partial charge in [0.25, 0.3) is 10.0 Å². The van der Waals surface area contributed by atoms with Crippen LogP contribution in [0.2, 0.25) is 5.02 Å². The highest BCUT2D eigenvalue weighted by Gasteiger charge is 2.28. The molecule has 0 aliphatic rings. The lowest BCUT2D eigenvalue weighted by Gasteiger charge is -2.25. The molecule has 1 atom stereocenters. The molecule has 0 saturated carbocycles. The van der Waals surface area contributed by atoms with Crippen molar-refractivity contribution in [3.8, 4) is 5.75 Å². The maximum atomic E-state index is 13.3. The number of nitrogens with one attached hydrogen (secondary N) is 1. The van der Waals surface area contributed by atoms with Gasteiger partial charge in [-0.2, -0.15) is 0 Å². The van der Waals surface area contributed by atoms with E-state index < -0.39 is 10.0 Å². The topological polar surface area (TPSA) is 75.7 Å². The number of sulfonamides is 1. The number of hydrogen-bond acceptors (Lipinski definition) is 4. The van der Waals surface area contributed by atoms with Gasteiger partial charge in [0.05, 0.1) is 22.7 Å². The fraction of sp³-hybridized carbons (Fsp3) is 0.381. The number of amides is 1. The molecule has 0 spiro atoms. The molecule has 0 aliphatic heterocycles. The summed E-state index contributed by atoms with van der Waals surface area (Å²) in [7, 11) is -2.50. The second-order valence-corrected chi connectivity index (χ2v) is 9.17. The lowest BCUT2D eigenvalue weighted by molar-refractivity contribution is -0.120. The number of carbonyl (C=O) groups excluding carboxylic acids is 1. The molecule has 0 saturated heterocycles. The molecule has 0 bridgehead atoms. The number of hydrogen-bond donors (Lipinski definition) is 1. The first-order chi connectivity index (χ1) is 13.7. The number of aryl methyl sites for hydroxylation is 1. The lowest BCUT2D eigenvalue weighted by Crippen LogP contribution is -2.43. The van der Waals surface area contributed by atoms with Crippen molar-refractivity contribution in [2.45, 2.75) is 44.6 Å². The highest BCUT2D eigenvalue weighted by atomic mass is 35.5. The van der Waals surface area contributed by atoms with Gasteiger partial charge < -0.3 is 10.1 Å². The van der Waals surface area contributed by atoms with Crippen molar-refractivity contribution in [1.82, 2.24) is 5.32 Å². The number of benzene rings is 2. The molecule has 6 nitrogen and oxygen atoms in total. The van der Waals surface area contributed by atoms with Crippen molar-refractivity contribution in [2.24, 2.45) is 0 Å². The minimum atomic E-state index is -3.98. The first kappa shape index (κ1) is 23.0. The van der Waals surface area contributed by atoms with Gasteiger partial charge in [-0.25, -0.2) is 8.42 Å². The fourth-order valence-corrected chi connectivity index (χ4v) is 4.58. The van der Waals surface area contributed by atoms with Crippen LogP contribution in [0.5, 0.6) is 5.75 Å². The predicted octanol–water partition coefficient (Wildman–Crippen LogP) is 4.16. The van der Waals surface area contributed by atoms with Crippen LogP contribution in [-0.2, 0) is 14.8 Å². The minimum absolute atomic E-state index is 0.0455. The van der Waals surface area contributed by atoms with E-state index in [4.69, 9.17) is 16.3 Å². The zero-order chi connectivity index (χ0) is 21.6. The molecule has 29 heavy (non-hydrogen) atoms. The quantitative estimate of drug-likeness (QED) is 0.637. The number of nitrogens with zero attached hydrogens (tertiary/aromatic N) is 1. The van der Waals surface area contributed by atoms with E-state index in [-0.39, 0.29) is 34.1 Å². The van der Waals surface area contributed by atoms with E-state index in [0.717, 1.165) is 22.7 Å². The Bertz CT molecular complexity index is 946. The molecule has 0 aromatic heterocycles. The maximum Gasteiger partial charge on any atom is 0.264 e. The third-order valence-electron chi connectivity index (χ3n) is 4.45. The zero-order valence-electron chi connectivity index (χ0n) is 17.1. The molecular weight excluding hydrogens is 412 g/mol. The summed E-state index contributed by atoms with van der Waals surface area (Å²) < 4.78 is 32.9. The summed E-state index contributed by atoms with van der Waals surface area (Å²) in [5.41, 5.74) is 1.23. The van der Waals surface area contributed by atoms with Crippen molar-refractivity contribution in [3.63, 3.8) is 0 Å². The van der Waals surface area contributed by atoms with Gasteiger partial charge in [0.2, 0.25) is 5.91 Å². The van der Waals surface area contributed by atoms with E-state index in [1.54, 1.807) is 24.3 Å². The number of methoxy groups -OCH3 is 1. The Morgan fingerprint density at radius 3 is 2.41 bits per heavy atom. The Morgan fingerprint density at radius 1 is 1.21 bits per heavy atom. The lowest BCUT2D eigenvalue weighted by atomic mass is 10.2. The first-order valence-corrected chi connectivity index (χ1v) is 11.2. The van der Waals surface area contributed by atoms with Crippen molar-refractivity contribution in [1.29, 1.82) is 0 Å². The Kier molecular flexibility index (Phi) is 7.93. The van der Waals surface area contributed by atoms with Crippen molar-refractivity contribution >= 4 is 33.2 Å². The summed E-state index contributed by atoms with van der Waals surface area (Å²) in [6.45, 7) is 5.44. The van der Waals surface area contributed by atoms with Crippen LogP contribution < -0.4 is 14.4 Å². The minimum Gasteiger partial charge on any atom is -0.495 e. The smallest absolute Gasteiger partial charge is 0.264 e. The van der Waals surface area contributed by atoms with E-state index >= 15 is 0 Å². The molecule has 0 fully saturated rings. The average molecular weight is 439 g/mol. The normalized spacial score (nSPS) is 12.3. The number of anilines is 1. The molecule has 1 N–H and O–H groups in total. The number of rotatable bonds is 9. The monoisotopic (exact) mass is 438 g/mol. The van der Waals surface area contributed by atoms with Gasteiger partial charge in [-0.1, -0.05) is 42.6 Å². The van der Waals surface area contributed by atoms with E-state index in [2.05, 4.69) is 5.32 Å². The van der Waals surface area contributed by atoms with Gasteiger partial charge in [0, 0.05) is 6.04 Å². The van der Waals surface area contributed by atoms with Crippen LogP contribution in [0.15, 0.2) is 47.4 Å². The van der Waals surface area contributed by atoms with Crippen molar-refractivity contribution < 1.29 is 17.9 Å². The summed E-state index contributed by atoms with van der Waals surface area (Å²) in [4.78, 5) is 12.7. The highest BCUT2D eigenvalue weighted by Crippen LogP contribution is 2.32. The molecule has 0 radical (unpaired) electrons. The largest absolute Gasteiger partial charge is 0.495 e. The summed E-state index contributed by atoms with van der Waals surface area (Å²) in [5, 5.41) is 3.11. The van der Waals surface area contributed by atoms with E-state index in [1.807, 2.05) is 20.8 Å². The number of carbonyl (C=O) groups is 1. The zero-order valence-corrected chi connectivity index (χ0v) is 18.7. The number of ether oxygens (including phenoxy) is 1. The van der Waals surface area contributed by atoms with Gasteiger partial charge >= 0.3 is 0 Å². The van der Waals surface area contributed by atoms with E-state index in [0.29, 0.717) is 5.75 Å². The van der Waals surface area contributed by atoms with Gasteiger partial charge in [0.1, 0.15) is 12.3 Å². The molecule has 8 heteroatoms. The van der Waals surface area contributed by atoms with Crippen molar-refractivity contribution in [3.05, 3.63) is 53.1 Å². The molecule has 2 rings (SSSR count). The Balaban J connectivity index is 2.43. The summed E-state index contributed by atoms with van der Waals surface area (Å²) >= 11 is 6.21. The van der Waals surface area contributed by atoms with Crippen LogP contribution in [0.1, 0.15) is 32.3 Å². The van der Waals surface area contributed by atoms with Crippen LogP contribution >= 0.6 is 11.6 Å². The van der Waals surface area contributed by atoms with Gasteiger partial charge in [-0.15, -0.1) is 0 Å². The van der Waals surface area contributed by atoms with E-state index in [9.17, 15) is 13.2 Å². The van der Waals surface area contributed by atoms with Crippen molar-refractivity contribution in [2.75, 3.05) is 18.0 Å². The van der Waals surface area contributed by atoms with Crippen LogP contribution in [0.3, 0.4) is 0 Å². The SMILES string of the molecule is CCC[C@H](C)NC(=O)CN(c1ccc(OC)c(Cl)c1)S(=O)(=O)c1ccc(C)cc1. The molecule has 0 aliphatic carbocycles. The predicted molar refractivity (Wildman–Crippen MR) is 116 cm³/mol. The molecule has 1 amide bonds. The van der Waals surface area contributed by atoms with Gasteiger partial charge in [-0.3, -0.25) is 9.10 Å². The third kappa shape index (κ3) is 5.87. The number of halogens is 1. The fourth-order valence-electron chi connectivity index (χ4n) is 2.92. The molecule has 2 aromatic rings. The standard InChI is InChI=1S/C21H27ClN2O4S/c1-5-6-16(3)23-21(25)14-24(17-9-12-20(28-4)19(22)13-17)29(26,27)18-10-7-15(2)8-11-18/h7-13,16H,5-6,14H2,1-4H3,(H,23,25)/t16-/m0/s1. The maximum absolute atomic E-state index is 13.3. The van der Waals surface area contributed by atoms with Crippen LogP contribution in [0, 0.1) is 6.92 Å². The average Bonchev–Trinajstić information content (AvgIpc) is 2.66. The first-order valence-electron chi connectivity index (χ1n) is 9.41. The molecule has 0 heterocycles. The summed E-state index contributed by atoms with van der Waals surface area (Å²) in [6, 6.07) is 11.1. The third-order valence-corrected chi connectivity index (χ3v) is 6.53. The molecular formula is C21H27ClN2O4S. The Hall–Kier alpha value is -2.25. The van der Waals surface area contributed by atoms with Crippen LogP contribution in [-0.4, -0.2) is 34.0 Å².